The molecule has 0 amide bonds. The molecule has 0 radical (unpaired) electrons. The molecule has 0 aliphatic carbocycles. The highest BCUT2D eigenvalue weighted by Crippen LogP contribution is 2.28. The lowest BCUT2D eigenvalue weighted by molar-refractivity contribution is 0.380. The van der Waals surface area contributed by atoms with Crippen LogP contribution in [0, 0.1) is 0 Å². The summed E-state index contributed by atoms with van der Waals surface area (Å²) in [6, 6.07) is 6.12. The van der Waals surface area contributed by atoms with Crippen LogP contribution in [0.2, 0.25) is 0 Å². The molecule has 1 aromatic carbocycles. The Morgan fingerprint density at radius 2 is 2.28 bits per heavy atom. The first kappa shape index (κ1) is 13.2. The average Bonchev–Trinajstić information content (AvgIpc) is 2.74. The van der Waals surface area contributed by atoms with Gasteiger partial charge in [0.25, 0.3) is 0 Å². The standard InChI is InChI=1S/C14H22N2O2/c1-10(15-11-6-7-16(2)9-11)13-5-4-12(18-3)8-14(13)17/h4-5,8,10-11,15,17H,6-7,9H2,1-3H3. The molecule has 2 atom stereocenters. The number of benzene rings is 1. The minimum absolute atomic E-state index is 0.146. The van der Waals surface area contributed by atoms with Crippen LogP contribution in [0.15, 0.2) is 18.2 Å². The third kappa shape index (κ3) is 2.94. The maximum absolute atomic E-state index is 9.99. The van der Waals surface area contributed by atoms with Gasteiger partial charge in [0.1, 0.15) is 11.5 Å². The van der Waals surface area contributed by atoms with Crippen molar-refractivity contribution in [2.45, 2.75) is 25.4 Å². The number of rotatable bonds is 4. The number of phenols is 1. The van der Waals surface area contributed by atoms with Crippen LogP contribution in [-0.2, 0) is 0 Å². The third-order valence-corrected chi connectivity index (χ3v) is 3.58. The molecule has 4 heteroatoms. The predicted octanol–water partition coefficient (Wildman–Crippen LogP) is 1.76. The second-order valence-corrected chi connectivity index (χ2v) is 5.06. The second-order valence-electron chi connectivity index (χ2n) is 5.06. The number of nitrogens with one attached hydrogen (secondary N) is 1. The summed E-state index contributed by atoms with van der Waals surface area (Å²) < 4.78 is 5.09. The number of likely N-dealkylation sites (N-methyl/N-ethyl adjacent to an activating group) is 1. The van der Waals surface area contributed by atoms with E-state index >= 15 is 0 Å². The number of phenolic OH excluding ortho intramolecular Hbond substituents is 1. The first-order valence-electron chi connectivity index (χ1n) is 6.41. The zero-order chi connectivity index (χ0) is 13.1. The van der Waals surface area contributed by atoms with Gasteiger partial charge in [0.05, 0.1) is 7.11 Å². The van der Waals surface area contributed by atoms with E-state index in [1.54, 1.807) is 13.2 Å². The zero-order valence-corrected chi connectivity index (χ0v) is 11.3. The SMILES string of the molecule is COc1ccc(C(C)NC2CCN(C)C2)c(O)c1. The summed E-state index contributed by atoms with van der Waals surface area (Å²) in [5.74, 6) is 0.977. The summed E-state index contributed by atoms with van der Waals surface area (Å²) in [5, 5.41) is 13.5. The van der Waals surface area contributed by atoms with E-state index in [4.69, 9.17) is 4.74 Å². The van der Waals surface area contributed by atoms with Crippen molar-refractivity contribution in [3.63, 3.8) is 0 Å². The van der Waals surface area contributed by atoms with Gasteiger partial charge in [-0.25, -0.2) is 0 Å². The Bertz CT molecular complexity index is 409. The molecule has 1 aliphatic rings. The molecule has 2 N–H and O–H groups in total. The molecular formula is C14H22N2O2. The normalized spacial score (nSPS) is 22.1. The van der Waals surface area contributed by atoms with Gasteiger partial charge >= 0.3 is 0 Å². The molecular weight excluding hydrogens is 228 g/mol. The van der Waals surface area contributed by atoms with Crippen LogP contribution in [-0.4, -0.2) is 43.3 Å². The Balaban J connectivity index is 2.02. The smallest absolute Gasteiger partial charge is 0.124 e. The van der Waals surface area contributed by atoms with E-state index < -0.39 is 0 Å². The number of hydrogen-bond donors (Lipinski definition) is 2. The Morgan fingerprint density at radius 3 is 2.83 bits per heavy atom. The molecule has 1 heterocycles. The maximum Gasteiger partial charge on any atom is 0.124 e. The van der Waals surface area contributed by atoms with Gasteiger partial charge in [-0.3, -0.25) is 0 Å². The average molecular weight is 250 g/mol. The van der Waals surface area contributed by atoms with E-state index in [2.05, 4.69) is 24.2 Å². The summed E-state index contributed by atoms with van der Waals surface area (Å²) in [5.41, 5.74) is 0.922. The lowest BCUT2D eigenvalue weighted by Gasteiger charge is -2.20. The van der Waals surface area contributed by atoms with E-state index in [1.807, 2.05) is 12.1 Å². The topological polar surface area (TPSA) is 44.7 Å². The highest BCUT2D eigenvalue weighted by atomic mass is 16.5. The van der Waals surface area contributed by atoms with Crippen LogP contribution in [0.4, 0.5) is 0 Å². The molecule has 1 aromatic rings. The molecule has 2 unspecified atom stereocenters. The monoisotopic (exact) mass is 250 g/mol. The molecule has 1 saturated heterocycles. The van der Waals surface area contributed by atoms with E-state index in [9.17, 15) is 5.11 Å². The van der Waals surface area contributed by atoms with Gasteiger partial charge in [-0.2, -0.15) is 0 Å². The van der Waals surface area contributed by atoms with Gasteiger partial charge in [0, 0.05) is 30.3 Å². The van der Waals surface area contributed by atoms with Crippen molar-refractivity contribution in [1.29, 1.82) is 0 Å². The van der Waals surface area contributed by atoms with Crippen molar-refractivity contribution in [3.8, 4) is 11.5 Å². The zero-order valence-electron chi connectivity index (χ0n) is 11.3. The van der Waals surface area contributed by atoms with E-state index in [1.165, 1.54) is 0 Å². The number of ether oxygens (including phenoxy) is 1. The van der Waals surface area contributed by atoms with Gasteiger partial charge in [-0.15, -0.1) is 0 Å². The third-order valence-electron chi connectivity index (χ3n) is 3.58. The molecule has 0 saturated carbocycles. The Kier molecular flexibility index (Phi) is 4.09. The van der Waals surface area contributed by atoms with E-state index in [-0.39, 0.29) is 6.04 Å². The Morgan fingerprint density at radius 1 is 1.50 bits per heavy atom. The first-order valence-corrected chi connectivity index (χ1v) is 6.41. The van der Waals surface area contributed by atoms with Crippen LogP contribution in [0.3, 0.4) is 0 Å². The first-order chi connectivity index (χ1) is 8.60. The van der Waals surface area contributed by atoms with Crippen LogP contribution in [0.25, 0.3) is 0 Å². The molecule has 18 heavy (non-hydrogen) atoms. The molecule has 100 valence electrons. The molecule has 1 fully saturated rings. The summed E-state index contributed by atoms with van der Waals surface area (Å²) in [6.07, 6.45) is 1.16. The lowest BCUT2D eigenvalue weighted by atomic mass is 10.1. The largest absolute Gasteiger partial charge is 0.507 e. The molecule has 0 spiro atoms. The van der Waals surface area contributed by atoms with Gasteiger partial charge in [-0.05, 0) is 33.0 Å². The molecule has 2 rings (SSSR count). The number of methoxy groups -OCH3 is 1. The van der Waals surface area contributed by atoms with Crippen molar-refractivity contribution in [2.24, 2.45) is 0 Å². The number of nitrogens with zero attached hydrogens (tertiary/aromatic N) is 1. The number of hydrogen-bond acceptors (Lipinski definition) is 4. The van der Waals surface area contributed by atoms with Gasteiger partial charge in [0.2, 0.25) is 0 Å². The lowest BCUT2D eigenvalue weighted by Crippen LogP contribution is -2.33. The van der Waals surface area contributed by atoms with Crippen molar-refractivity contribution < 1.29 is 9.84 Å². The van der Waals surface area contributed by atoms with Gasteiger partial charge < -0.3 is 20.1 Å². The second kappa shape index (κ2) is 5.59. The molecule has 0 bridgehead atoms. The Labute approximate surface area is 109 Å². The minimum Gasteiger partial charge on any atom is -0.507 e. The van der Waals surface area contributed by atoms with E-state index in [0.29, 0.717) is 17.5 Å². The van der Waals surface area contributed by atoms with Crippen LogP contribution < -0.4 is 10.1 Å². The maximum atomic E-state index is 9.99. The van der Waals surface area contributed by atoms with Crippen molar-refractivity contribution in [3.05, 3.63) is 23.8 Å². The van der Waals surface area contributed by atoms with E-state index in [0.717, 1.165) is 25.1 Å². The van der Waals surface area contributed by atoms with Crippen molar-refractivity contribution >= 4 is 0 Å². The fourth-order valence-electron chi connectivity index (χ4n) is 2.53. The number of aromatic hydroxyl groups is 1. The summed E-state index contributed by atoms with van der Waals surface area (Å²) in [4.78, 5) is 2.32. The molecule has 1 aliphatic heterocycles. The van der Waals surface area contributed by atoms with Crippen LogP contribution in [0.5, 0.6) is 11.5 Å². The van der Waals surface area contributed by atoms with Gasteiger partial charge in [-0.1, -0.05) is 6.07 Å². The minimum atomic E-state index is 0.146. The molecule has 4 nitrogen and oxygen atoms in total. The summed E-state index contributed by atoms with van der Waals surface area (Å²) in [7, 11) is 3.74. The number of likely N-dealkylation sites (tertiary alicyclic amines) is 1. The Hall–Kier alpha value is -1.26. The summed E-state index contributed by atoms with van der Waals surface area (Å²) in [6.45, 7) is 4.29. The fourth-order valence-corrected chi connectivity index (χ4v) is 2.53. The van der Waals surface area contributed by atoms with Crippen LogP contribution >= 0.6 is 0 Å². The fraction of sp³-hybridized carbons (Fsp3) is 0.571. The van der Waals surface area contributed by atoms with Gasteiger partial charge in [0.15, 0.2) is 0 Å². The highest BCUT2D eigenvalue weighted by molar-refractivity contribution is 5.41. The quantitative estimate of drug-likeness (QED) is 0.854. The predicted molar refractivity (Wildman–Crippen MR) is 72.1 cm³/mol. The van der Waals surface area contributed by atoms with Crippen molar-refractivity contribution in [2.75, 3.05) is 27.2 Å². The van der Waals surface area contributed by atoms with Crippen LogP contribution in [0.1, 0.15) is 24.9 Å². The van der Waals surface area contributed by atoms with Crippen molar-refractivity contribution in [1.82, 2.24) is 10.2 Å². The summed E-state index contributed by atoms with van der Waals surface area (Å²) >= 11 is 0. The highest BCUT2D eigenvalue weighted by Gasteiger charge is 2.22. The molecule has 0 aromatic heterocycles.